The Morgan fingerprint density at radius 2 is 1.81 bits per heavy atom. The van der Waals surface area contributed by atoms with E-state index in [2.05, 4.69) is 21.2 Å². The first-order chi connectivity index (χ1) is 12.8. The van der Waals surface area contributed by atoms with Gasteiger partial charge in [0.05, 0.1) is 17.2 Å². The lowest BCUT2D eigenvalue weighted by Gasteiger charge is -2.20. The van der Waals surface area contributed by atoms with Crippen LogP contribution in [0, 0.1) is 0 Å². The molecule has 0 spiro atoms. The summed E-state index contributed by atoms with van der Waals surface area (Å²) in [4.78, 5) is 12.7. The molecule has 0 unspecified atom stereocenters. The minimum atomic E-state index is -3.64. The number of ether oxygens (including phenoxy) is 1. The first kappa shape index (κ1) is 21.4. The van der Waals surface area contributed by atoms with Crippen molar-refractivity contribution in [1.82, 2.24) is 4.31 Å². The number of nitrogens with one attached hydrogen (secondary N) is 1. The third-order valence-corrected chi connectivity index (χ3v) is 6.47. The van der Waals surface area contributed by atoms with Crippen LogP contribution in [0.3, 0.4) is 0 Å². The Balaban J connectivity index is 2.42. The van der Waals surface area contributed by atoms with Crippen LogP contribution >= 0.6 is 15.9 Å². The third-order valence-electron chi connectivity index (χ3n) is 3.93. The molecule has 0 saturated carbocycles. The van der Waals surface area contributed by atoms with Crippen molar-refractivity contribution in [3.05, 3.63) is 52.5 Å². The number of anilines is 1. The number of benzene rings is 2. The van der Waals surface area contributed by atoms with Gasteiger partial charge in [0.1, 0.15) is 5.75 Å². The highest BCUT2D eigenvalue weighted by Gasteiger charge is 2.23. The van der Waals surface area contributed by atoms with Crippen LogP contribution in [-0.4, -0.2) is 38.3 Å². The normalized spacial score (nSPS) is 11.4. The van der Waals surface area contributed by atoms with Gasteiger partial charge in [-0.1, -0.05) is 35.8 Å². The van der Waals surface area contributed by atoms with Crippen molar-refractivity contribution in [2.24, 2.45) is 0 Å². The van der Waals surface area contributed by atoms with Crippen molar-refractivity contribution in [2.45, 2.75) is 25.7 Å². The Kier molecular flexibility index (Phi) is 7.41. The average molecular weight is 455 g/mol. The highest BCUT2D eigenvalue weighted by Crippen LogP contribution is 2.30. The second-order valence-corrected chi connectivity index (χ2v) is 8.50. The molecule has 0 heterocycles. The van der Waals surface area contributed by atoms with Gasteiger partial charge in [0.25, 0.3) is 5.91 Å². The molecule has 1 amide bonds. The lowest BCUT2D eigenvalue weighted by molar-refractivity contribution is 0.102. The molecule has 2 aromatic carbocycles. The van der Waals surface area contributed by atoms with Gasteiger partial charge in [-0.15, -0.1) is 0 Å². The Morgan fingerprint density at radius 3 is 2.41 bits per heavy atom. The smallest absolute Gasteiger partial charge is 0.255 e. The molecule has 0 atom stereocenters. The van der Waals surface area contributed by atoms with Crippen LogP contribution in [0.15, 0.2) is 51.8 Å². The maximum Gasteiger partial charge on any atom is 0.255 e. The van der Waals surface area contributed by atoms with Crippen molar-refractivity contribution < 1.29 is 17.9 Å². The number of hydrogen-bond acceptors (Lipinski definition) is 4. The van der Waals surface area contributed by atoms with Crippen LogP contribution in [0.4, 0.5) is 5.69 Å². The summed E-state index contributed by atoms with van der Waals surface area (Å²) in [6, 6.07) is 11.4. The minimum absolute atomic E-state index is 0.110. The summed E-state index contributed by atoms with van der Waals surface area (Å²) >= 11 is 3.34. The summed E-state index contributed by atoms with van der Waals surface area (Å²) in [7, 11) is -3.64. The molecule has 0 radical (unpaired) electrons. The zero-order valence-corrected chi connectivity index (χ0v) is 17.9. The maximum atomic E-state index is 12.8. The number of carbonyl (C=O) groups is 1. The molecule has 27 heavy (non-hydrogen) atoms. The van der Waals surface area contributed by atoms with Crippen LogP contribution in [0.2, 0.25) is 0 Å². The molecule has 2 rings (SSSR count). The lowest BCUT2D eigenvalue weighted by atomic mass is 10.2. The van der Waals surface area contributed by atoms with Gasteiger partial charge in [0.15, 0.2) is 0 Å². The van der Waals surface area contributed by atoms with E-state index in [1.54, 1.807) is 38.1 Å². The zero-order chi connectivity index (χ0) is 20.0. The fourth-order valence-electron chi connectivity index (χ4n) is 2.59. The van der Waals surface area contributed by atoms with E-state index in [1.807, 2.05) is 13.0 Å². The van der Waals surface area contributed by atoms with E-state index < -0.39 is 10.0 Å². The predicted molar refractivity (Wildman–Crippen MR) is 110 cm³/mol. The minimum Gasteiger partial charge on any atom is -0.492 e. The number of amides is 1. The van der Waals surface area contributed by atoms with Crippen LogP contribution < -0.4 is 10.1 Å². The van der Waals surface area contributed by atoms with Crippen molar-refractivity contribution in [2.75, 3.05) is 25.0 Å². The zero-order valence-electron chi connectivity index (χ0n) is 15.5. The fourth-order valence-corrected chi connectivity index (χ4v) is 4.47. The molecular formula is C19H23BrN2O4S. The molecule has 0 aliphatic heterocycles. The first-order valence-corrected chi connectivity index (χ1v) is 10.9. The van der Waals surface area contributed by atoms with Crippen molar-refractivity contribution in [1.29, 1.82) is 0 Å². The summed E-state index contributed by atoms with van der Waals surface area (Å²) < 4.78 is 33.3. The molecule has 8 heteroatoms. The van der Waals surface area contributed by atoms with Crippen molar-refractivity contribution >= 4 is 37.5 Å². The monoisotopic (exact) mass is 454 g/mol. The van der Waals surface area contributed by atoms with Crippen LogP contribution in [0.5, 0.6) is 5.75 Å². The summed E-state index contributed by atoms with van der Waals surface area (Å²) in [5.74, 6) is 0.0639. The Labute approximate surface area is 168 Å². The van der Waals surface area contributed by atoms with Crippen molar-refractivity contribution in [3.63, 3.8) is 0 Å². The van der Waals surface area contributed by atoms with Gasteiger partial charge in [-0.25, -0.2) is 8.42 Å². The molecule has 0 aliphatic rings. The molecule has 0 bridgehead atoms. The van der Waals surface area contributed by atoms with Crippen LogP contribution in [0.1, 0.15) is 31.1 Å². The Bertz CT molecular complexity index is 912. The number of rotatable bonds is 8. The van der Waals surface area contributed by atoms with Gasteiger partial charge in [-0.3, -0.25) is 4.79 Å². The Hall–Kier alpha value is -1.90. The number of halogens is 1. The van der Waals surface area contributed by atoms with E-state index in [0.717, 1.165) is 4.47 Å². The molecule has 2 aromatic rings. The standard InChI is InChI=1S/C19H23BrN2O4S/c1-4-22(5-2)27(24,25)16-10-11-18(26-6-3)17(13-16)21-19(23)14-8-7-9-15(20)12-14/h7-13H,4-6H2,1-3H3,(H,21,23). The van der Waals surface area contributed by atoms with Gasteiger partial charge < -0.3 is 10.1 Å². The fraction of sp³-hybridized carbons (Fsp3) is 0.316. The SMILES string of the molecule is CCOc1ccc(S(=O)(=O)N(CC)CC)cc1NC(=O)c1cccc(Br)c1. The molecular weight excluding hydrogens is 432 g/mol. The second-order valence-electron chi connectivity index (χ2n) is 5.64. The van der Waals surface area contributed by atoms with E-state index in [0.29, 0.717) is 36.7 Å². The van der Waals surface area contributed by atoms with Gasteiger partial charge >= 0.3 is 0 Å². The van der Waals surface area contributed by atoms with Crippen LogP contribution in [-0.2, 0) is 10.0 Å². The topological polar surface area (TPSA) is 75.7 Å². The molecule has 0 aromatic heterocycles. The summed E-state index contributed by atoms with van der Waals surface area (Å²) in [6.45, 7) is 6.51. The second kappa shape index (κ2) is 9.34. The van der Waals surface area contributed by atoms with Gasteiger partial charge in [0, 0.05) is 23.1 Å². The summed E-state index contributed by atoms with van der Waals surface area (Å²) in [6.07, 6.45) is 0. The molecule has 0 fully saturated rings. The van der Waals surface area contributed by atoms with E-state index in [1.165, 1.54) is 16.4 Å². The number of sulfonamides is 1. The average Bonchev–Trinajstić information content (AvgIpc) is 2.64. The number of nitrogens with zero attached hydrogens (tertiary/aromatic N) is 1. The molecule has 0 aliphatic carbocycles. The van der Waals surface area contributed by atoms with E-state index in [4.69, 9.17) is 4.74 Å². The first-order valence-electron chi connectivity index (χ1n) is 8.67. The molecule has 1 N–H and O–H groups in total. The Morgan fingerprint density at radius 1 is 1.11 bits per heavy atom. The largest absolute Gasteiger partial charge is 0.492 e. The van der Waals surface area contributed by atoms with Gasteiger partial charge in [0.2, 0.25) is 10.0 Å². The van der Waals surface area contributed by atoms with E-state index in [9.17, 15) is 13.2 Å². The van der Waals surface area contributed by atoms with E-state index in [-0.39, 0.29) is 10.8 Å². The number of carbonyl (C=O) groups excluding carboxylic acids is 1. The van der Waals surface area contributed by atoms with Crippen LogP contribution in [0.25, 0.3) is 0 Å². The van der Waals surface area contributed by atoms with Gasteiger partial charge in [-0.2, -0.15) is 4.31 Å². The molecule has 6 nitrogen and oxygen atoms in total. The summed E-state index contributed by atoms with van der Waals surface area (Å²) in [5, 5.41) is 2.76. The lowest BCUT2D eigenvalue weighted by Crippen LogP contribution is -2.30. The quantitative estimate of drug-likeness (QED) is 0.650. The van der Waals surface area contributed by atoms with Gasteiger partial charge in [-0.05, 0) is 43.3 Å². The maximum absolute atomic E-state index is 12.8. The van der Waals surface area contributed by atoms with E-state index >= 15 is 0 Å². The summed E-state index contributed by atoms with van der Waals surface area (Å²) in [5.41, 5.74) is 0.763. The molecule has 146 valence electrons. The van der Waals surface area contributed by atoms with Crippen molar-refractivity contribution in [3.8, 4) is 5.75 Å². The highest BCUT2D eigenvalue weighted by molar-refractivity contribution is 9.10. The highest BCUT2D eigenvalue weighted by atomic mass is 79.9. The third kappa shape index (κ3) is 5.09. The number of hydrogen-bond donors (Lipinski definition) is 1. The predicted octanol–water partition coefficient (Wildman–Crippen LogP) is 4.13. The molecule has 0 saturated heterocycles.